The Labute approximate surface area is 141 Å². The zero-order valence-electron chi connectivity index (χ0n) is 11.7. The van der Waals surface area contributed by atoms with Crippen molar-refractivity contribution in [2.45, 2.75) is 6.42 Å². The maximum Gasteiger partial charge on any atom is 0.231 e. The SMILES string of the molecule is O=CNc1ccc(-c2noc(Cc3ccc(Cl)c(Cl)c3)n2)cn1. The number of nitrogens with one attached hydrogen (secondary N) is 1. The van der Waals surface area contributed by atoms with E-state index in [1.807, 2.05) is 6.07 Å². The Balaban J connectivity index is 1.77. The number of benzene rings is 1. The molecule has 0 aliphatic carbocycles. The molecule has 2 aromatic heterocycles. The van der Waals surface area contributed by atoms with Gasteiger partial charge in [0.2, 0.25) is 18.1 Å². The number of anilines is 1. The fourth-order valence-corrected chi connectivity index (χ4v) is 2.26. The zero-order chi connectivity index (χ0) is 16.2. The van der Waals surface area contributed by atoms with Crippen LogP contribution in [0.3, 0.4) is 0 Å². The standard InChI is InChI=1S/C15H10Cl2N4O2/c16-11-3-1-9(5-12(11)17)6-14-20-15(21-23-14)10-2-4-13(18-7-10)19-8-22/h1-5,7-8H,6H2,(H,18,19,22). The normalized spacial score (nSPS) is 10.5. The monoisotopic (exact) mass is 348 g/mol. The first kappa shape index (κ1) is 15.5. The predicted octanol–water partition coefficient (Wildman–Crippen LogP) is 3.60. The minimum Gasteiger partial charge on any atom is -0.339 e. The number of hydrogen-bond donors (Lipinski definition) is 1. The lowest BCUT2D eigenvalue weighted by molar-refractivity contribution is -0.105. The Hall–Kier alpha value is -2.44. The van der Waals surface area contributed by atoms with Gasteiger partial charge in [-0.25, -0.2) is 4.98 Å². The molecule has 1 aromatic carbocycles. The van der Waals surface area contributed by atoms with Crippen molar-refractivity contribution in [2.75, 3.05) is 5.32 Å². The summed E-state index contributed by atoms with van der Waals surface area (Å²) in [4.78, 5) is 18.7. The van der Waals surface area contributed by atoms with Gasteiger partial charge in [0.05, 0.1) is 16.5 Å². The van der Waals surface area contributed by atoms with Crippen molar-refractivity contribution in [3.8, 4) is 11.4 Å². The van der Waals surface area contributed by atoms with E-state index < -0.39 is 0 Å². The molecular formula is C15H10Cl2N4O2. The maximum absolute atomic E-state index is 10.3. The quantitative estimate of drug-likeness (QED) is 0.712. The molecule has 0 aliphatic rings. The number of nitrogens with zero attached hydrogens (tertiary/aromatic N) is 3. The summed E-state index contributed by atoms with van der Waals surface area (Å²) in [5.41, 5.74) is 1.60. The van der Waals surface area contributed by atoms with Gasteiger partial charge in [-0.2, -0.15) is 4.98 Å². The molecule has 0 spiro atoms. The molecule has 3 rings (SSSR count). The molecule has 0 fully saturated rings. The lowest BCUT2D eigenvalue weighted by Gasteiger charge is -1.99. The predicted molar refractivity (Wildman–Crippen MR) is 86.5 cm³/mol. The summed E-state index contributed by atoms with van der Waals surface area (Å²) in [6.45, 7) is 0. The zero-order valence-corrected chi connectivity index (χ0v) is 13.2. The van der Waals surface area contributed by atoms with Crippen LogP contribution >= 0.6 is 23.2 Å². The highest BCUT2D eigenvalue weighted by atomic mass is 35.5. The molecule has 0 saturated carbocycles. The number of pyridine rings is 1. The average molecular weight is 349 g/mol. The topological polar surface area (TPSA) is 80.9 Å². The van der Waals surface area contributed by atoms with Crippen LogP contribution in [0.2, 0.25) is 10.0 Å². The Kier molecular flexibility index (Phi) is 4.55. The van der Waals surface area contributed by atoms with Crippen molar-refractivity contribution >= 4 is 35.4 Å². The third-order valence-electron chi connectivity index (χ3n) is 3.04. The van der Waals surface area contributed by atoms with Crippen molar-refractivity contribution in [1.82, 2.24) is 15.1 Å². The first-order valence-electron chi connectivity index (χ1n) is 6.59. The maximum atomic E-state index is 10.3. The fourth-order valence-electron chi connectivity index (χ4n) is 1.94. The Morgan fingerprint density at radius 1 is 1.17 bits per heavy atom. The Bertz CT molecular complexity index is 834. The summed E-state index contributed by atoms with van der Waals surface area (Å²) < 4.78 is 5.23. The summed E-state index contributed by atoms with van der Waals surface area (Å²) in [6.07, 6.45) is 2.56. The first-order valence-corrected chi connectivity index (χ1v) is 7.34. The van der Waals surface area contributed by atoms with E-state index >= 15 is 0 Å². The van der Waals surface area contributed by atoms with Gasteiger partial charge in [0.25, 0.3) is 0 Å². The Morgan fingerprint density at radius 2 is 2.04 bits per heavy atom. The van der Waals surface area contributed by atoms with Crippen molar-refractivity contribution in [1.29, 1.82) is 0 Å². The van der Waals surface area contributed by atoms with E-state index in [0.29, 0.717) is 46.0 Å². The van der Waals surface area contributed by atoms with Crippen molar-refractivity contribution in [3.05, 3.63) is 58.0 Å². The van der Waals surface area contributed by atoms with Crippen LogP contribution in [0, 0.1) is 0 Å². The van der Waals surface area contributed by atoms with Gasteiger partial charge in [0.1, 0.15) is 5.82 Å². The minimum atomic E-state index is 0.421. The van der Waals surface area contributed by atoms with Crippen molar-refractivity contribution < 1.29 is 9.32 Å². The summed E-state index contributed by atoms with van der Waals surface area (Å²) in [5, 5.41) is 7.35. The van der Waals surface area contributed by atoms with Crippen LogP contribution in [0.5, 0.6) is 0 Å². The molecule has 0 radical (unpaired) electrons. The van der Waals surface area contributed by atoms with E-state index in [1.165, 1.54) is 0 Å². The number of amides is 1. The van der Waals surface area contributed by atoms with Gasteiger partial charge in [0.15, 0.2) is 0 Å². The lowest BCUT2D eigenvalue weighted by Crippen LogP contribution is -1.96. The molecule has 0 atom stereocenters. The van der Waals surface area contributed by atoms with Crippen LogP contribution < -0.4 is 5.32 Å². The molecule has 1 amide bonds. The van der Waals surface area contributed by atoms with E-state index in [2.05, 4.69) is 20.4 Å². The smallest absolute Gasteiger partial charge is 0.231 e. The molecular weight excluding hydrogens is 339 g/mol. The van der Waals surface area contributed by atoms with Crippen molar-refractivity contribution in [3.63, 3.8) is 0 Å². The summed E-state index contributed by atoms with van der Waals surface area (Å²) in [6, 6.07) is 8.72. The molecule has 0 unspecified atom stereocenters. The molecule has 0 bridgehead atoms. The summed E-state index contributed by atoms with van der Waals surface area (Å²) in [5.74, 6) is 1.32. The molecule has 8 heteroatoms. The highest BCUT2D eigenvalue weighted by molar-refractivity contribution is 6.42. The van der Waals surface area contributed by atoms with E-state index in [0.717, 1.165) is 5.56 Å². The number of halogens is 2. The average Bonchev–Trinajstić information content (AvgIpc) is 3.00. The molecule has 116 valence electrons. The molecule has 2 heterocycles. The molecule has 6 nitrogen and oxygen atoms in total. The van der Waals surface area contributed by atoms with E-state index in [9.17, 15) is 4.79 Å². The van der Waals surface area contributed by atoms with Gasteiger partial charge < -0.3 is 9.84 Å². The number of carbonyl (C=O) groups excluding carboxylic acids is 1. The van der Waals surface area contributed by atoms with Crippen LogP contribution in [0.15, 0.2) is 41.1 Å². The van der Waals surface area contributed by atoms with Crippen LogP contribution in [-0.4, -0.2) is 21.5 Å². The molecule has 3 aromatic rings. The van der Waals surface area contributed by atoms with Gasteiger partial charge in [-0.1, -0.05) is 34.4 Å². The fraction of sp³-hybridized carbons (Fsp3) is 0.0667. The van der Waals surface area contributed by atoms with E-state index in [4.69, 9.17) is 27.7 Å². The number of hydrogen-bond acceptors (Lipinski definition) is 5. The van der Waals surface area contributed by atoms with Gasteiger partial charge in [-0.05, 0) is 29.8 Å². The van der Waals surface area contributed by atoms with Gasteiger partial charge in [-0.15, -0.1) is 0 Å². The number of carbonyl (C=O) groups is 1. The second kappa shape index (κ2) is 6.76. The third kappa shape index (κ3) is 3.67. The molecule has 0 aliphatic heterocycles. The first-order chi connectivity index (χ1) is 11.2. The summed E-state index contributed by atoms with van der Waals surface area (Å²) >= 11 is 11.9. The lowest BCUT2D eigenvalue weighted by atomic mass is 10.1. The third-order valence-corrected chi connectivity index (χ3v) is 3.77. The highest BCUT2D eigenvalue weighted by Gasteiger charge is 2.10. The summed E-state index contributed by atoms with van der Waals surface area (Å²) in [7, 11) is 0. The molecule has 0 saturated heterocycles. The largest absolute Gasteiger partial charge is 0.339 e. The van der Waals surface area contributed by atoms with Gasteiger partial charge in [-0.3, -0.25) is 4.79 Å². The Morgan fingerprint density at radius 3 is 2.74 bits per heavy atom. The van der Waals surface area contributed by atoms with Crippen LogP contribution in [0.4, 0.5) is 5.82 Å². The van der Waals surface area contributed by atoms with Crippen molar-refractivity contribution in [2.24, 2.45) is 0 Å². The highest BCUT2D eigenvalue weighted by Crippen LogP contribution is 2.24. The molecule has 23 heavy (non-hydrogen) atoms. The van der Waals surface area contributed by atoms with E-state index in [-0.39, 0.29) is 0 Å². The minimum absolute atomic E-state index is 0.421. The van der Waals surface area contributed by atoms with Crippen LogP contribution in [0.25, 0.3) is 11.4 Å². The van der Waals surface area contributed by atoms with Crippen LogP contribution in [-0.2, 0) is 11.2 Å². The number of aromatic nitrogens is 3. The number of rotatable bonds is 5. The van der Waals surface area contributed by atoms with Crippen LogP contribution in [0.1, 0.15) is 11.5 Å². The van der Waals surface area contributed by atoms with Gasteiger partial charge >= 0.3 is 0 Å². The molecule has 1 N–H and O–H groups in total. The second-order valence-electron chi connectivity index (χ2n) is 4.63. The van der Waals surface area contributed by atoms with E-state index in [1.54, 1.807) is 30.5 Å². The second-order valence-corrected chi connectivity index (χ2v) is 5.45. The van der Waals surface area contributed by atoms with Gasteiger partial charge in [0, 0.05) is 11.8 Å².